The quantitative estimate of drug-likeness (QED) is 0.146. The van der Waals surface area contributed by atoms with Crippen LogP contribution in [-0.4, -0.2) is 0 Å². The van der Waals surface area contributed by atoms with Crippen LogP contribution in [-0.2, 0) is 19.3 Å². The van der Waals surface area contributed by atoms with Crippen molar-refractivity contribution in [2.45, 2.75) is 289 Å². The Morgan fingerprint density at radius 3 is 0.446 bits per heavy atom. The van der Waals surface area contributed by atoms with Crippen LogP contribution in [0.1, 0.15) is 292 Å². The lowest BCUT2D eigenvalue weighted by molar-refractivity contribution is 0.960. The third-order valence-electron chi connectivity index (χ3n) is 11.7. The van der Waals surface area contributed by atoms with Crippen LogP contribution in [0.2, 0.25) is 0 Å². The van der Waals surface area contributed by atoms with Crippen LogP contribution >= 0.6 is 0 Å². The molecular formula is C112H182. The molecule has 630 valence electrons. The normalized spacial score (nSPS) is 7.78. The molecule has 0 aromatic heterocycles. The van der Waals surface area contributed by atoms with E-state index in [4.69, 9.17) is 0 Å². The largest absolute Gasteiger partial charge is 0.0919 e. The van der Waals surface area contributed by atoms with Crippen molar-refractivity contribution in [3.63, 3.8) is 0 Å². The molecule has 11 aromatic rings. The maximum Gasteiger partial charge on any atom is -0.00258 e. The summed E-state index contributed by atoms with van der Waals surface area (Å²) in [6, 6.07) is 110. The zero-order chi connectivity index (χ0) is 89.2. The van der Waals surface area contributed by atoms with E-state index in [1.165, 1.54) is 60.8 Å². The van der Waals surface area contributed by atoms with Gasteiger partial charge in [-0.05, 0) is 120 Å². The van der Waals surface area contributed by atoms with Gasteiger partial charge in [0.25, 0.3) is 0 Å². The zero-order valence-electron chi connectivity index (χ0n) is 80.7. The molecule has 0 amide bonds. The second-order valence-corrected chi connectivity index (χ2v) is 18.8. The van der Waals surface area contributed by atoms with Crippen LogP contribution in [0.25, 0.3) is 16.8 Å². The second-order valence-electron chi connectivity index (χ2n) is 18.8. The van der Waals surface area contributed by atoms with Gasteiger partial charge in [0.15, 0.2) is 0 Å². The van der Waals surface area contributed by atoms with Crippen molar-refractivity contribution in [1.82, 2.24) is 0 Å². The van der Waals surface area contributed by atoms with Gasteiger partial charge in [0, 0.05) is 0 Å². The Morgan fingerprint density at radius 2 is 0.304 bits per heavy atom. The summed E-state index contributed by atoms with van der Waals surface area (Å²) < 4.78 is 0. The van der Waals surface area contributed by atoms with Crippen molar-refractivity contribution < 1.29 is 0 Å². The van der Waals surface area contributed by atoms with Crippen LogP contribution < -0.4 is 0 Å². The van der Waals surface area contributed by atoms with Gasteiger partial charge in [0.2, 0.25) is 0 Å². The van der Waals surface area contributed by atoms with Gasteiger partial charge in [0.1, 0.15) is 0 Å². The number of allylic oxidation sites excluding steroid dienone is 5. The Balaban J connectivity index is -0.0000000774. The van der Waals surface area contributed by atoms with E-state index in [9.17, 15) is 0 Å². The fraction of sp³-hybridized carbons (Fsp3) is 0.375. The highest BCUT2D eigenvalue weighted by Crippen LogP contribution is 2.12. The third-order valence-corrected chi connectivity index (χ3v) is 11.7. The Hall–Kier alpha value is -9.10. The topological polar surface area (TPSA) is 0 Å². The van der Waals surface area contributed by atoms with Gasteiger partial charge in [-0.1, -0.05) is 588 Å². The summed E-state index contributed by atoms with van der Waals surface area (Å²) in [5.74, 6) is 0. The molecule has 112 heavy (non-hydrogen) atoms. The minimum atomic E-state index is 1.03. The highest BCUT2D eigenvalue weighted by molar-refractivity contribution is 5.82. The molecule has 0 saturated carbocycles. The van der Waals surface area contributed by atoms with E-state index in [2.05, 4.69) is 264 Å². The van der Waals surface area contributed by atoms with Gasteiger partial charge >= 0.3 is 0 Å². The van der Waals surface area contributed by atoms with E-state index < -0.39 is 0 Å². The van der Waals surface area contributed by atoms with E-state index >= 15 is 0 Å². The number of fused-ring (bicyclic) bond motifs is 1. The first kappa shape index (κ1) is 135. The molecule has 0 aliphatic heterocycles. The molecule has 0 unspecified atom stereocenters. The molecule has 0 N–H and O–H groups in total. The van der Waals surface area contributed by atoms with Gasteiger partial charge in [-0.3, -0.25) is 0 Å². The molecule has 11 aromatic carbocycles. The Bertz CT molecular complexity index is 2860. The maximum atomic E-state index is 2.18. The predicted molar refractivity (Wildman–Crippen MR) is 537 cm³/mol. The number of aryl methyl sites for hydroxylation is 6. The highest BCUT2D eigenvalue weighted by atomic mass is 14.0. The summed E-state index contributed by atoms with van der Waals surface area (Å²) in [4.78, 5) is 0. The molecular weight excluding hydrogens is 1350 g/mol. The summed E-state index contributed by atoms with van der Waals surface area (Å²) in [5, 5.41) is 2.62. The molecule has 0 heterocycles. The van der Waals surface area contributed by atoms with Crippen LogP contribution in [0, 0.1) is 27.7 Å². The molecule has 0 spiro atoms. The molecule has 0 radical (unpaired) electrons. The molecule has 0 atom stereocenters. The Kier molecular flexibility index (Phi) is 170. The number of rotatable bonds is 6. The van der Waals surface area contributed by atoms with E-state index in [1.54, 1.807) is 0 Å². The molecule has 0 saturated heterocycles. The average molecular weight is 1530 g/mol. The predicted octanol–water partition coefficient (Wildman–Crippen LogP) is 38.8. The van der Waals surface area contributed by atoms with Gasteiger partial charge in [-0.15, -0.1) is 0 Å². The van der Waals surface area contributed by atoms with Crippen LogP contribution in [0.5, 0.6) is 0 Å². The maximum absolute atomic E-state index is 2.18. The van der Waals surface area contributed by atoms with E-state index in [0.717, 1.165) is 19.3 Å². The lowest BCUT2D eigenvalue weighted by Crippen LogP contribution is -1.89. The van der Waals surface area contributed by atoms with Crippen molar-refractivity contribution in [3.8, 4) is 0 Å². The Morgan fingerprint density at radius 1 is 0.161 bits per heavy atom. The monoisotopic (exact) mass is 1530 g/mol. The minimum Gasteiger partial charge on any atom is -0.0919 e. The minimum absolute atomic E-state index is 1.03. The number of hydrogen-bond acceptors (Lipinski definition) is 0. The average Bonchev–Trinajstić information content (AvgIpc) is 0.861. The van der Waals surface area contributed by atoms with Crippen molar-refractivity contribution in [2.75, 3.05) is 0 Å². The molecule has 0 aliphatic carbocycles. The van der Waals surface area contributed by atoms with Gasteiger partial charge in [-0.25, -0.2) is 0 Å². The first-order valence-electron chi connectivity index (χ1n) is 43.7. The smallest absolute Gasteiger partial charge is 0.00258 e. The standard InChI is InChI=1S/C14H14.C13H12.C10H8.C9H10.4C7H8.2C4H8.15C2H6/c1-3-7-13(8-4-1)11-12-14-9-5-2-6-10-14;1-3-7-12(8-4-1)11-13-9-5-2-6-10-13;1-2-6-10-8-4-3-7-9(10)5-1;1-2-6-9-7-4-3-5-8-9;4*1-7-5-3-2-4-6-7;2*1-3-4-2;15*1-2/h1-10H,11-12H2;1-10H,11H2;1-8H;2-8H,1H3;4*2-6H,1H3;2*3-4H,1-2H3;15*1-2H3/b;;;6-2+;;;;;2*4-3+;;;;;;;;;;;;;;;. The molecule has 0 fully saturated rings. The van der Waals surface area contributed by atoms with Crippen molar-refractivity contribution >= 4 is 16.8 Å². The molecule has 0 aliphatic rings. The summed E-state index contributed by atoms with van der Waals surface area (Å²) >= 11 is 0. The van der Waals surface area contributed by atoms with Crippen LogP contribution in [0.4, 0.5) is 0 Å². The second kappa shape index (κ2) is 141. The van der Waals surface area contributed by atoms with E-state index in [0.29, 0.717) is 0 Å². The van der Waals surface area contributed by atoms with E-state index in [-0.39, 0.29) is 0 Å². The van der Waals surface area contributed by atoms with Crippen LogP contribution in [0.15, 0.2) is 352 Å². The SMILES string of the molecule is C/C=C/C.C/C=C/C.C/C=C/c1ccccc1.CC.CC.CC.CC.CC.CC.CC.CC.CC.CC.CC.CC.CC.CC.CC.Cc1ccccc1.Cc1ccccc1.Cc1ccccc1.Cc1ccccc1.c1ccc(CCc2ccccc2)cc1.c1ccc(Cc2ccccc2)cc1.c1ccc2ccccc2c1. The summed E-state index contributed by atoms with van der Waals surface area (Å²) in [7, 11) is 0. The fourth-order valence-electron chi connectivity index (χ4n) is 7.03. The molecule has 11 rings (SSSR count). The number of benzene rings is 11. The summed E-state index contributed by atoms with van der Waals surface area (Å²) in [6.07, 6.45) is 15.4. The summed E-state index contributed by atoms with van der Waals surface area (Å²) in [5.41, 5.74) is 12.1. The highest BCUT2D eigenvalue weighted by Gasteiger charge is 1.94. The van der Waals surface area contributed by atoms with Crippen molar-refractivity contribution in [3.05, 3.63) is 402 Å². The van der Waals surface area contributed by atoms with Gasteiger partial charge in [-0.2, -0.15) is 0 Å². The van der Waals surface area contributed by atoms with Crippen LogP contribution in [0.3, 0.4) is 0 Å². The van der Waals surface area contributed by atoms with Gasteiger partial charge < -0.3 is 0 Å². The molecule has 0 bridgehead atoms. The lowest BCUT2D eigenvalue weighted by Gasteiger charge is -2.01. The fourth-order valence-corrected chi connectivity index (χ4v) is 7.03. The van der Waals surface area contributed by atoms with Crippen molar-refractivity contribution in [1.29, 1.82) is 0 Å². The zero-order valence-corrected chi connectivity index (χ0v) is 80.7. The lowest BCUT2D eigenvalue weighted by atomic mass is 10.0. The number of hydrogen-bond donors (Lipinski definition) is 0. The van der Waals surface area contributed by atoms with E-state index in [1.807, 2.05) is 364 Å². The Labute approximate surface area is 703 Å². The summed E-state index contributed by atoms with van der Waals surface area (Å²) in [6.45, 7) is 78.4. The molecule has 0 nitrogen and oxygen atoms in total. The molecule has 0 heteroatoms. The first-order chi connectivity index (χ1) is 55.2. The first-order valence-corrected chi connectivity index (χ1v) is 43.7. The van der Waals surface area contributed by atoms with Gasteiger partial charge in [0.05, 0.1) is 0 Å². The third kappa shape index (κ3) is 112. The van der Waals surface area contributed by atoms with Crippen molar-refractivity contribution in [2.24, 2.45) is 0 Å².